The molecule has 0 fully saturated rings. The summed E-state index contributed by atoms with van der Waals surface area (Å²) in [6.45, 7) is 9.76. The van der Waals surface area contributed by atoms with Gasteiger partial charge in [-0.2, -0.15) is 0 Å². The first kappa shape index (κ1) is 15.8. The molecule has 1 unspecified atom stereocenters. The van der Waals surface area contributed by atoms with Crippen LogP contribution in [0.25, 0.3) is 0 Å². The minimum absolute atomic E-state index is 0.390. The van der Waals surface area contributed by atoms with E-state index in [0.29, 0.717) is 6.04 Å². The smallest absolute Gasteiger partial charge is 0.119 e. The van der Waals surface area contributed by atoms with Crippen LogP contribution < -0.4 is 10.1 Å². The normalized spacial score (nSPS) is 12.1. The summed E-state index contributed by atoms with van der Waals surface area (Å²) in [5.41, 5.74) is 1.26. The molecular formula is C17H27NO. The van der Waals surface area contributed by atoms with Crippen LogP contribution in [0.1, 0.15) is 38.2 Å². The van der Waals surface area contributed by atoms with Crippen molar-refractivity contribution in [2.45, 2.75) is 45.6 Å². The van der Waals surface area contributed by atoms with Crippen LogP contribution in [-0.4, -0.2) is 19.2 Å². The van der Waals surface area contributed by atoms with Gasteiger partial charge in [-0.15, -0.1) is 6.58 Å². The molecule has 1 atom stereocenters. The quantitative estimate of drug-likeness (QED) is 0.506. The fourth-order valence-electron chi connectivity index (χ4n) is 1.85. The zero-order chi connectivity index (χ0) is 13.9. The number of allylic oxidation sites excluding steroid dienone is 1. The number of rotatable bonds is 10. The highest BCUT2D eigenvalue weighted by atomic mass is 16.5. The second kappa shape index (κ2) is 9.62. The van der Waals surface area contributed by atoms with Crippen molar-refractivity contribution in [3.8, 4) is 5.75 Å². The van der Waals surface area contributed by atoms with Gasteiger partial charge >= 0.3 is 0 Å². The molecule has 2 nitrogen and oxygen atoms in total. The van der Waals surface area contributed by atoms with Gasteiger partial charge in [0.15, 0.2) is 0 Å². The second-order valence-corrected chi connectivity index (χ2v) is 5.12. The predicted octanol–water partition coefficient (Wildman–Crippen LogP) is 4.10. The Labute approximate surface area is 117 Å². The van der Waals surface area contributed by atoms with Gasteiger partial charge in [0.05, 0.1) is 0 Å². The van der Waals surface area contributed by atoms with Crippen LogP contribution in [0.5, 0.6) is 5.75 Å². The number of benzene rings is 1. The maximum atomic E-state index is 5.74. The molecule has 0 heterocycles. The van der Waals surface area contributed by atoms with Crippen molar-refractivity contribution in [2.75, 3.05) is 13.2 Å². The van der Waals surface area contributed by atoms with Gasteiger partial charge in [-0.1, -0.05) is 30.2 Å². The number of aryl methyl sites for hydroxylation is 1. The summed E-state index contributed by atoms with van der Waals surface area (Å²) >= 11 is 0. The summed E-state index contributed by atoms with van der Waals surface area (Å²) in [7, 11) is 0. The molecule has 0 aromatic heterocycles. The van der Waals surface area contributed by atoms with Crippen LogP contribution >= 0.6 is 0 Å². The fourth-order valence-corrected chi connectivity index (χ4v) is 1.85. The van der Waals surface area contributed by atoms with E-state index in [1.165, 1.54) is 24.8 Å². The molecule has 0 aliphatic rings. The lowest BCUT2D eigenvalue weighted by atomic mass is 10.2. The van der Waals surface area contributed by atoms with Crippen LogP contribution in [0, 0.1) is 6.92 Å². The standard InChI is InChI=1S/C17H27NO/c1-4-5-6-7-8-13-18-16(3)14-19-17-11-9-15(2)10-12-17/h4,9-12,16,18H,1,5-8,13-14H2,2-3H3. The molecule has 1 rings (SSSR count). The molecule has 19 heavy (non-hydrogen) atoms. The van der Waals surface area contributed by atoms with Crippen LogP contribution in [0.2, 0.25) is 0 Å². The number of hydrogen-bond acceptors (Lipinski definition) is 2. The van der Waals surface area contributed by atoms with Gasteiger partial charge in [-0.25, -0.2) is 0 Å². The molecule has 1 N–H and O–H groups in total. The number of ether oxygens (including phenoxy) is 1. The lowest BCUT2D eigenvalue weighted by molar-refractivity contribution is 0.272. The summed E-state index contributed by atoms with van der Waals surface area (Å²) in [6, 6.07) is 8.59. The zero-order valence-electron chi connectivity index (χ0n) is 12.3. The maximum Gasteiger partial charge on any atom is 0.119 e. The molecule has 0 saturated carbocycles. The summed E-state index contributed by atoms with van der Waals surface area (Å²) < 4.78 is 5.74. The number of nitrogens with one attached hydrogen (secondary N) is 1. The van der Waals surface area contributed by atoms with Crippen molar-refractivity contribution >= 4 is 0 Å². The molecule has 0 aliphatic heterocycles. The molecule has 0 spiro atoms. The Balaban J connectivity index is 2.06. The Bertz CT molecular complexity index is 345. The molecule has 0 radical (unpaired) electrons. The highest BCUT2D eigenvalue weighted by Crippen LogP contribution is 2.11. The van der Waals surface area contributed by atoms with E-state index >= 15 is 0 Å². The predicted molar refractivity (Wildman–Crippen MR) is 82.8 cm³/mol. The lowest BCUT2D eigenvalue weighted by Gasteiger charge is -2.15. The Hall–Kier alpha value is -1.28. The van der Waals surface area contributed by atoms with Crippen LogP contribution in [0.4, 0.5) is 0 Å². The van der Waals surface area contributed by atoms with Crippen molar-refractivity contribution in [3.05, 3.63) is 42.5 Å². The molecule has 2 heteroatoms. The van der Waals surface area contributed by atoms with Crippen molar-refractivity contribution in [1.82, 2.24) is 5.32 Å². The Kier molecular flexibility index (Phi) is 7.99. The largest absolute Gasteiger partial charge is 0.492 e. The topological polar surface area (TPSA) is 21.3 Å². The minimum Gasteiger partial charge on any atom is -0.492 e. The number of unbranched alkanes of at least 4 members (excludes halogenated alkanes) is 3. The van der Waals surface area contributed by atoms with E-state index in [1.54, 1.807) is 0 Å². The molecule has 106 valence electrons. The van der Waals surface area contributed by atoms with Crippen molar-refractivity contribution in [1.29, 1.82) is 0 Å². The Morgan fingerprint density at radius 1 is 1.21 bits per heavy atom. The summed E-state index contributed by atoms with van der Waals surface area (Å²) in [5.74, 6) is 0.949. The van der Waals surface area contributed by atoms with Gasteiger partial charge in [0.25, 0.3) is 0 Å². The monoisotopic (exact) mass is 261 g/mol. The first-order chi connectivity index (χ1) is 9.22. The van der Waals surface area contributed by atoms with Crippen molar-refractivity contribution < 1.29 is 4.74 Å². The molecule has 1 aromatic rings. The van der Waals surface area contributed by atoms with Gasteiger partial charge in [-0.3, -0.25) is 0 Å². The van der Waals surface area contributed by atoms with E-state index in [1.807, 2.05) is 18.2 Å². The fraction of sp³-hybridized carbons (Fsp3) is 0.529. The zero-order valence-corrected chi connectivity index (χ0v) is 12.3. The third-order valence-corrected chi connectivity index (χ3v) is 3.10. The van der Waals surface area contributed by atoms with E-state index in [4.69, 9.17) is 4.74 Å². The minimum atomic E-state index is 0.390. The molecule has 0 bridgehead atoms. The van der Waals surface area contributed by atoms with Crippen molar-refractivity contribution in [2.24, 2.45) is 0 Å². The van der Waals surface area contributed by atoms with Gasteiger partial charge in [0.1, 0.15) is 12.4 Å². The van der Waals surface area contributed by atoms with Crippen LogP contribution in [0.15, 0.2) is 36.9 Å². The molecule has 0 saturated heterocycles. The Morgan fingerprint density at radius 2 is 1.95 bits per heavy atom. The highest BCUT2D eigenvalue weighted by Gasteiger charge is 2.02. The van der Waals surface area contributed by atoms with Gasteiger partial charge in [0.2, 0.25) is 0 Å². The Morgan fingerprint density at radius 3 is 2.63 bits per heavy atom. The number of hydrogen-bond donors (Lipinski definition) is 1. The van der Waals surface area contributed by atoms with Crippen LogP contribution in [0.3, 0.4) is 0 Å². The van der Waals surface area contributed by atoms with Gasteiger partial charge < -0.3 is 10.1 Å². The van der Waals surface area contributed by atoms with E-state index in [9.17, 15) is 0 Å². The lowest BCUT2D eigenvalue weighted by Crippen LogP contribution is -2.32. The van der Waals surface area contributed by atoms with E-state index in [2.05, 4.69) is 37.9 Å². The van der Waals surface area contributed by atoms with E-state index in [-0.39, 0.29) is 0 Å². The van der Waals surface area contributed by atoms with E-state index < -0.39 is 0 Å². The van der Waals surface area contributed by atoms with Gasteiger partial charge in [0, 0.05) is 6.04 Å². The van der Waals surface area contributed by atoms with Gasteiger partial charge in [-0.05, 0) is 51.8 Å². The molecule has 1 aromatic carbocycles. The first-order valence-electron chi connectivity index (χ1n) is 7.26. The second-order valence-electron chi connectivity index (χ2n) is 5.12. The molecular weight excluding hydrogens is 234 g/mol. The highest BCUT2D eigenvalue weighted by molar-refractivity contribution is 5.26. The third kappa shape index (κ3) is 7.68. The summed E-state index contributed by atoms with van der Waals surface area (Å²) in [5, 5.41) is 3.49. The molecule has 0 aliphatic carbocycles. The van der Waals surface area contributed by atoms with Crippen LogP contribution in [-0.2, 0) is 0 Å². The summed E-state index contributed by atoms with van der Waals surface area (Å²) in [4.78, 5) is 0. The summed E-state index contributed by atoms with van der Waals surface area (Å²) in [6.07, 6.45) is 6.87. The third-order valence-electron chi connectivity index (χ3n) is 3.10. The SMILES string of the molecule is C=CCCCCCNC(C)COc1ccc(C)cc1. The van der Waals surface area contributed by atoms with E-state index in [0.717, 1.165) is 25.3 Å². The average Bonchev–Trinajstić information content (AvgIpc) is 2.42. The maximum absolute atomic E-state index is 5.74. The first-order valence-corrected chi connectivity index (χ1v) is 7.26. The average molecular weight is 261 g/mol. The molecule has 0 amide bonds. The van der Waals surface area contributed by atoms with Crippen molar-refractivity contribution in [3.63, 3.8) is 0 Å².